The van der Waals surface area contributed by atoms with Crippen LogP contribution < -0.4 is 9.47 Å². The maximum Gasteiger partial charge on any atom is 0.231 e. The van der Waals surface area contributed by atoms with Gasteiger partial charge >= 0.3 is 0 Å². The summed E-state index contributed by atoms with van der Waals surface area (Å²) >= 11 is 0. The molecule has 4 aromatic rings. The molecule has 3 aromatic carbocycles. The van der Waals surface area contributed by atoms with Crippen LogP contribution in [0.5, 0.6) is 11.5 Å². The Morgan fingerprint density at radius 3 is 2.66 bits per heavy atom. The van der Waals surface area contributed by atoms with E-state index in [1.54, 1.807) is 0 Å². The Hall–Kier alpha value is -3.60. The Balaban J connectivity index is 1.57. The van der Waals surface area contributed by atoms with E-state index in [0.717, 1.165) is 22.0 Å². The van der Waals surface area contributed by atoms with E-state index in [0.29, 0.717) is 17.1 Å². The zero-order valence-electron chi connectivity index (χ0n) is 15.5. The molecule has 1 unspecified atom stereocenters. The van der Waals surface area contributed by atoms with Crippen molar-refractivity contribution < 1.29 is 18.7 Å². The summed E-state index contributed by atoms with van der Waals surface area (Å²) in [7, 11) is 0. The Kier molecular flexibility index (Phi) is 4.28. The smallest absolute Gasteiger partial charge is 0.231 e. The molecule has 1 aliphatic rings. The second-order valence-corrected chi connectivity index (χ2v) is 7.09. The van der Waals surface area contributed by atoms with Crippen molar-refractivity contribution in [1.29, 1.82) is 0 Å². The summed E-state index contributed by atoms with van der Waals surface area (Å²) in [4.78, 5) is 16.3. The monoisotopic (exact) mass is 387 g/mol. The van der Waals surface area contributed by atoms with Gasteiger partial charge in [0.2, 0.25) is 6.79 Å². The number of ketones is 1. The molecule has 0 bridgehead atoms. The average molecular weight is 387 g/mol. The Labute approximate surface area is 166 Å². The average Bonchev–Trinajstić information content (AvgIpc) is 3.39. The SMILES string of the molecule is O=C(CC(c1ccc2c(c1)OCO2)c1c[nH]c2ccccc12)c1ccc(F)cc1. The van der Waals surface area contributed by atoms with Crippen LogP contribution in [0.3, 0.4) is 0 Å². The van der Waals surface area contributed by atoms with Gasteiger partial charge in [-0.05, 0) is 53.6 Å². The van der Waals surface area contributed by atoms with E-state index in [1.165, 1.54) is 24.3 Å². The Bertz CT molecular complexity index is 1200. The first-order chi connectivity index (χ1) is 14.2. The molecule has 29 heavy (non-hydrogen) atoms. The summed E-state index contributed by atoms with van der Waals surface area (Å²) < 4.78 is 24.2. The first-order valence-corrected chi connectivity index (χ1v) is 9.43. The molecule has 5 heteroatoms. The van der Waals surface area contributed by atoms with Crippen molar-refractivity contribution in [3.8, 4) is 11.5 Å². The molecule has 0 spiro atoms. The van der Waals surface area contributed by atoms with Crippen LogP contribution in [0, 0.1) is 5.82 Å². The van der Waals surface area contributed by atoms with Crippen molar-refractivity contribution in [2.75, 3.05) is 6.79 Å². The van der Waals surface area contributed by atoms with Crippen LogP contribution in [0.1, 0.15) is 33.8 Å². The zero-order chi connectivity index (χ0) is 19.8. The van der Waals surface area contributed by atoms with Crippen molar-refractivity contribution in [3.63, 3.8) is 0 Å². The lowest BCUT2D eigenvalue weighted by atomic mass is 9.85. The molecule has 0 aliphatic carbocycles. The van der Waals surface area contributed by atoms with Gasteiger partial charge in [0.1, 0.15) is 5.82 Å². The summed E-state index contributed by atoms with van der Waals surface area (Å²) in [6.45, 7) is 0.199. The minimum Gasteiger partial charge on any atom is -0.454 e. The molecular formula is C24H18FNO3. The molecule has 1 aromatic heterocycles. The highest BCUT2D eigenvalue weighted by Crippen LogP contribution is 2.39. The third-order valence-electron chi connectivity index (χ3n) is 5.35. The number of fused-ring (bicyclic) bond motifs is 2. The van der Waals surface area contributed by atoms with Crippen LogP contribution in [0.4, 0.5) is 4.39 Å². The number of carbonyl (C=O) groups excluding carboxylic acids is 1. The zero-order valence-corrected chi connectivity index (χ0v) is 15.5. The minimum atomic E-state index is -0.356. The van der Waals surface area contributed by atoms with Crippen LogP contribution in [0.15, 0.2) is 72.9 Å². The van der Waals surface area contributed by atoms with Crippen molar-refractivity contribution in [2.24, 2.45) is 0 Å². The van der Waals surface area contributed by atoms with Gasteiger partial charge in [0, 0.05) is 35.0 Å². The van der Waals surface area contributed by atoms with Crippen molar-refractivity contribution in [3.05, 3.63) is 95.4 Å². The lowest BCUT2D eigenvalue weighted by Gasteiger charge is -2.17. The summed E-state index contributed by atoms with van der Waals surface area (Å²) in [6.07, 6.45) is 2.21. The van der Waals surface area contributed by atoms with E-state index in [-0.39, 0.29) is 30.7 Å². The maximum absolute atomic E-state index is 13.3. The van der Waals surface area contributed by atoms with Gasteiger partial charge in [-0.25, -0.2) is 4.39 Å². The molecule has 1 N–H and O–H groups in total. The van der Waals surface area contributed by atoms with E-state index in [2.05, 4.69) is 4.98 Å². The molecule has 5 rings (SSSR count). The van der Waals surface area contributed by atoms with Crippen molar-refractivity contribution in [2.45, 2.75) is 12.3 Å². The third-order valence-corrected chi connectivity index (χ3v) is 5.35. The van der Waals surface area contributed by atoms with Gasteiger partial charge in [0.25, 0.3) is 0 Å². The lowest BCUT2D eigenvalue weighted by molar-refractivity contribution is 0.0977. The van der Waals surface area contributed by atoms with E-state index < -0.39 is 0 Å². The second kappa shape index (κ2) is 7.09. The summed E-state index contributed by atoms with van der Waals surface area (Å²) in [5.74, 6) is 0.805. The highest BCUT2D eigenvalue weighted by atomic mass is 19.1. The largest absolute Gasteiger partial charge is 0.454 e. The molecule has 144 valence electrons. The number of aromatic nitrogens is 1. The molecule has 0 saturated carbocycles. The normalized spacial score (nSPS) is 13.6. The maximum atomic E-state index is 13.3. The molecule has 1 atom stereocenters. The minimum absolute atomic E-state index is 0.0436. The van der Waals surface area contributed by atoms with Gasteiger partial charge < -0.3 is 14.5 Å². The number of hydrogen-bond donors (Lipinski definition) is 1. The topological polar surface area (TPSA) is 51.3 Å². The fourth-order valence-electron chi connectivity index (χ4n) is 3.86. The molecular weight excluding hydrogens is 369 g/mol. The number of aromatic amines is 1. The molecule has 2 heterocycles. The quantitative estimate of drug-likeness (QED) is 0.464. The number of nitrogens with one attached hydrogen (secondary N) is 1. The molecule has 0 amide bonds. The van der Waals surface area contributed by atoms with Crippen molar-refractivity contribution >= 4 is 16.7 Å². The Morgan fingerprint density at radius 2 is 1.79 bits per heavy atom. The van der Waals surface area contributed by atoms with Crippen LogP contribution in [0.2, 0.25) is 0 Å². The van der Waals surface area contributed by atoms with Gasteiger partial charge in [-0.2, -0.15) is 0 Å². The van der Waals surface area contributed by atoms with Crippen LogP contribution in [-0.2, 0) is 0 Å². The van der Waals surface area contributed by atoms with Gasteiger partial charge in [-0.3, -0.25) is 4.79 Å². The summed E-state index contributed by atoms with van der Waals surface area (Å²) in [5, 5.41) is 1.07. The van der Waals surface area contributed by atoms with E-state index in [1.807, 2.05) is 48.7 Å². The van der Waals surface area contributed by atoms with Gasteiger partial charge in [-0.1, -0.05) is 24.3 Å². The molecule has 4 nitrogen and oxygen atoms in total. The first-order valence-electron chi connectivity index (χ1n) is 9.43. The summed E-state index contributed by atoms with van der Waals surface area (Å²) in [6, 6.07) is 19.5. The van der Waals surface area contributed by atoms with E-state index in [4.69, 9.17) is 9.47 Å². The fourth-order valence-corrected chi connectivity index (χ4v) is 3.86. The summed E-state index contributed by atoms with van der Waals surface area (Å²) in [5.41, 5.74) is 3.52. The highest BCUT2D eigenvalue weighted by molar-refractivity contribution is 5.97. The number of carbonyl (C=O) groups is 1. The molecule has 0 saturated heterocycles. The number of rotatable bonds is 5. The molecule has 0 radical (unpaired) electrons. The van der Waals surface area contributed by atoms with Crippen molar-refractivity contribution in [1.82, 2.24) is 4.98 Å². The first kappa shape index (κ1) is 17.5. The molecule has 1 aliphatic heterocycles. The number of para-hydroxylation sites is 1. The third kappa shape index (κ3) is 3.25. The number of Topliss-reactive ketones (excluding diaryl/α,β-unsaturated/α-hetero) is 1. The number of hydrogen-bond acceptors (Lipinski definition) is 3. The van der Waals surface area contributed by atoms with Gasteiger partial charge in [0.15, 0.2) is 17.3 Å². The van der Waals surface area contributed by atoms with Gasteiger partial charge in [-0.15, -0.1) is 0 Å². The predicted molar refractivity (Wildman–Crippen MR) is 108 cm³/mol. The second-order valence-electron chi connectivity index (χ2n) is 7.09. The standard InChI is InChI=1S/C24H18FNO3/c25-17-8-5-15(6-9-17)22(27)12-19(16-7-10-23-24(11-16)29-14-28-23)20-13-26-21-4-2-1-3-18(20)21/h1-11,13,19,26H,12,14H2. The predicted octanol–water partition coefficient (Wildman–Crippen LogP) is 5.44. The molecule has 0 fully saturated rings. The number of benzene rings is 3. The van der Waals surface area contributed by atoms with Crippen LogP contribution in [-0.4, -0.2) is 17.6 Å². The Morgan fingerprint density at radius 1 is 1.00 bits per heavy atom. The number of ether oxygens (including phenoxy) is 2. The van der Waals surface area contributed by atoms with Crippen LogP contribution in [0.25, 0.3) is 10.9 Å². The van der Waals surface area contributed by atoms with E-state index >= 15 is 0 Å². The lowest BCUT2D eigenvalue weighted by Crippen LogP contribution is -2.09. The van der Waals surface area contributed by atoms with Crippen LogP contribution >= 0.6 is 0 Å². The highest BCUT2D eigenvalue weighted by Gasteiger charge is 2.24. The van der Waals surface area contributed by atoms with Gasteiger partial charge in [0.05, 0.1) is 0 Å². The van der Waals surface area contributed by atoms with E-state index in [9.17, 15) is 9.18 Å². The number of halogens is 1. The number of H-pyrrole nitrogens is 1. The fraction of sp³-hybridized carbons (Fsp3) is 0.125.